The molecule has 3 nitrogen and oxygen atoms in total. The van der Waals surface area contributed by atoms with Crippen LogP contribution in [0.15, 0.2) is 47.6 Å². The molecular formula is C17H19N3S. The lowest BCUT2D eigenvalue weighted by atomic mass is 10.0. The van der Waals surface area contributed by atoms with E-state index in [9.17, 15) is 0 Å². The standard InChI is InChI=1S/C17H19N3S/c1-11-7-8-13(12(2)9-11)14(18)10-21-17-19-15-5-3-4-6-16(15)20-17/h3-9,14H,10,18H2,1-2H3,(H,19,20). The summed E-state index contributed by atoms with van der Waals surface area (Å²) in [4.78, 5) is 7.89. The number of nitrogens with zero attached hydrogens (tertiary/aromatic N) is 1. The van der Waals surface area contributed by atoms with Gasteiger partial charge >= 0.3 is 0 Å². The number of H-pyrrole nitrogens is 1. The number of fused-ring (bicyclic) bond motifs is 1. The van der Waals surface area contributed by atoms with Gasteiger partial charge in [-0.15, -0.1) is 0 Å². The first kappa shape index (κ1) is 14.2. The molecule has 3 rings (SSSR count). The molecule has 108 valence electrons. The molecule has 0 radical (unpaired) electrons. The molecule has 1 aromatic heterocycles. The number of rotatable bonds is 4. The number of aryl methyl sites for hydroxylation is 2. The van der Waals surface area contributed by atoms with Gasteiger partial charge in [-0.25, -0.2) is 4.98 Å². The second kappa shape index (κ2) is 5.92. The molecule has 0 saturated carbocycles. The molecule has 0 spiro atoms. The van der Waals surface area contributed by atoms with Gasteiger partial charge in [0.05, 0.1) is 11.0 Å². The normalized spacial score (nSPS) is 12.7. The lowest BCUT2D eigenvalue weighted by molar-refractivity contribution is 0.819. The molecule has 0 saturated heterocycles. The van der Waals surface area contributed by atoms with Crippen molar-refractivity contribution in [3.05, 3.63) is 59.2 Å². The van der Waals surface area contributed by atoms with Crippen LogP contribution in [-0.4, -0.2) is 15.7 Å². The Balaban J connectivity index is 1.71. The van der Waals surface area contributed by atoms with Crippen LogP contribution in [0.1, 0.15) is 22.7 Å². The van der Waals surface area contributed by atoms with Crippen molar-refractivity contribution in [1.82, 2.24) is 9.97 Å². The summed E-state index contributed by atoms with van der Waals surface area (Å²) in [6, 6.07) is 14.5. The highest BCUT2D eigenvalue weighted by molar-refractivity contribution is 7.99. The van der Waals surface area contributed by atoms with Crippen molar-refractivity contribution < 1.29 is 0 Å². The van der Waals surface area contributed by atoms with Crippen LogP contribution in [-0.2, 0) is 0 Å². The Morgan fingerprint density at radius 1 is 1.19 bits per heavy atom. The molecular weight excluding hydrogens is 278 g/mol. The average molecular weight is 297 g/mol. The number of aromatic amines is 1. The van der Waals surface area contributed by atoms with E-state index in [1.807, 2.05) is 24.3 Å². The number of aromatic nitrogens is 2. The minimum absolute atomic E-state index is 0.0174. The highest BCUT2D eigenvalue weighted by Crippen LogP contribution is 2.25. The molecule has 4 heteroatoms. The molecule has 1 atom stereocenters. The van der Waals surface area contributed by atoms with Crippen LogP contribution in [0, 0.1) is 13.8 Å². The molecule has 0 amide bonds. The SMILES string of the molecule is Cc1ccc(C(N)CSc2nc3ccccc3[nH]2)c(C)c1. The maximum Gasteiger partial charge on any atom is 0.166 e. The fraction of sp³-hybridized carbons (Fsp3) is 0.235. The summed E-state index contributed by atoms with van der Waals surface area (Å²) in [6.07, 6.45) is 0. The lowest BCUT2D eigenvalue weighted by Gasteiger charge is -2.14. The van der Waals surface area contributed by atoms with E-state index in [0.717, 1.165) is 21.9 Å². The van der Waals surface area contributed by atoms with Crippen LogP contribution < -0.4 is 5.73 Å². The first-order valence-corrected chi connectivity index (χ1v) is 8.02. The molecule has 0 aliphatic carbocycles. The van der Waals surface area contributed by atoms with Crippen LogP contribution in [0.2, 0.25) is 0 Å². The van der Waals surface area contributed by atoms with Gasteiger partial charge in [0.2, 0.25) is 0 Å². The van der Waals surface area contributed by atoms with E-state index in [1.54, 1.807) is 11.8 Å². The number of thioether (sulfide) groups is 1. The Morgan fingerprint density at radius 2 is 2.00 bits per heavy atom. The first-order chi connectivity index (χ1) is 10.1. The molecule has 2 aromatic carbocycles. The third-order valence-corrected chi connectivity index (χ3v) is 4.58. The average Bonchev–Trinajstić information content (AvgIpc) is 2.87. The molecule has 0 aliphatic rings. The van der Waals surface area contributed by atoms with Gasteiger partial charge in [0.25, 0.3) is 0 Å². The number of benzene rings is 2. The van der Waals surface area contributed by atoms with Gasteiger partial charge in [0, 0.05) is 11.8 Å². The highest BCUT2D eigenvalue weighted by atomic mass is 32.2. The Morgan fingerprint density at radius 3 is 2.76 bits per heavy atom. The summed E-state index contributed by atoms with van der Waals surface area (Å²) >= 11 is 1.67. The third-order valence-electron chi connectivity index (χ3n) is 3.59. The summed E-state index contributed by atoms with van der Waals surface area (Å²) in [7, 11) is 0. The Labute approximate surface area is 129 Å². The molecule has 0 bridgehead atoms. The van der Waals surface area contributed by atoms with Crippen LogP contribution in [0.5, 0.6) is 0 Å². The zero-order valence-corrected chi connectivity index (χ0v) is 13.1. The Hall–Kier alpha value is -1.78. The van der Waals surface area contributed by atoms with Crippen molar-refractivity contribution in [1.29, 1.82) is 0 Å². The summed E-state index contributed by atoms with van der Waals surface area (Å²) < 4.78 is 0. The van der Waals surface area contributed by atoms with Crippen molar-refractivity contribution in [2.24, 2.45) is 5.73 Å². The number of hydrogen-bond donors (Lipinski definition) is 2. The molecule has 3 N–H and O–H groups in total. The van der Waals surface area contributed by atoms with E-state index in [-0.39, 0.29) is 6.04 Å². The fourth-order valence-corrected chi connectivity index (χ4v) is 3.36. The molecule has 1 unspecified atom stereocenters. The minimum atomic E-state index is 0.0174. The van der Waals surface area contributed by atoms with Gasteiger partial charge in [-0.3, -0.25) is 0 Å². The van der Waals surface area contributed by atoms with E-state index >= 15 is 0 Å². The van der Waals surface area contributed by atoms with E-state index in [1.165, 1.54) is 16.7 Å². The van der Waals surface area contributed by atoms with Crippen molar-refractivity contribution in [2.45, 2.75) is 25.0 Å². The van der Waals surface area contributed by atoms with Crippen molar-refractivity contribution in [3.8, 4) is 0 Å². The number of imidazole rings is 1. The van der Waals surface area contributed by atoms with E-state index in [4.69, 9.17) is 5.73 Å². The third kappa shape index (κ3) is 3.12. The molecule has 0 fully saturated rings. The largest absolute Gasteiger partial charge is 0.333 e. The Bertz CT molecular complexity index is 731. The van der Waals surface area contributed by atoms with Gasteiger partial charge in [0.15, 0.2) is 5.16 Å². The first-order valence-electron chi connectivity index (χ1n) is 7.04. The number of nitrogens with one attached hydrogen (secondary N) is 1. The predicted octanol–water partition coefficient (Wildman–Crippen LogP) is 3.97. The molecule has 1 heterocycles. The fourth-order valence-electron chi connectivity index (χ4n) is 2.50. The van der Waals surface area contributed by atoms with Gasteiger partial charge in [-0.2, -0.15) is 0 Å². The van der Waals surface area contributed by atoms with E-state index < -0.39 is 0 Å². The second-order valence-electron chi connectivity index (χ2n) is 5.34. The van der Waals surface area contributed by atoms with Gasteiger partial charge < -0.3 is 10.7 Å². The summed E-state index contributed by atoms with van der Waals surface area (Å²) in [6.45, 7) is 4.22. The molecule has 21 heavy (non-hydrogen) atoms. The van der Waals surface area contributed by atoms with E-state index in [2.05, 4.69) is 42.0 Å². The minimum Gasteiger partial charge on any atom is -0.333 e. The zero-order chi connectivity index (χ0) is 14.8. The second-order valence-corrected chi connectivity index (χ2v) is 6.35. The van der Waals surface area contributed by atoms with Crippen molar-refractivity contribution in [3.63, 3.8) is 0 Å². The highest BCUT2D eigenvalue weighted by Gasteiger charge is 2.11. The number of nitrogens with two attached hydrogens (primary N) is 1. The van der Waals surface area contributed by atoms with Crippen LogP contribution in [0.4, 0.5) is 0 Å². The number of hydrogen-bond acceptors (Lipinski definition) is 3. The maximum atomic E-state index is 6.33. The summed E-state index contributed by atoms with van der Waals surface area (Å²) in [5.74, 6) is 0.809. The monoisotopic (exact) mass is 297 g/mol. The lowest BCUT2D eigenvalue weighted by Crippen LogP contribution is -2.14. The quantitative estimate of drug-likeness (QED) is 0.716. The van der Waals surface area contributed by atoms with Gasteiger partial charge in [0.1, 0.15) is 0 Å². The zero-order valence-electron chi connectivity index (χ0n) is 12.3. The van der Waals surface area contributed by atoms with E-state index in [0.29, 0.717) is 0 Å². The molecule has 3 aromatic rings. The Kier molecular flexibility index (Phi) is 3.99. The topological polar surface area (TPSA) is 54.7 Å². The smallest absolute Gasteiger partial charge is 0.166 e. The maximum absolute atomic E-state index is 6.33. The molecule has 0 aliphatic heterocycles. The summed E-state index contributed by atoms with van der Waals surface area (Å²) in [5, 5.41) is 0.927. The van der Waals surface area contributed by atoms with Gasteiger partial charge in [-0.05, 0) is 37.1 Å². The van der Waals surface area contributed by atoms with Gasteiger partial charge in [-0.1, -0.05) is 47.7 Å². The summed E-state index contributed by atoms with van der Waals surface area (Å²) in [5.41, 5.74) is 12.1. The number of para-hydroxylation sites is 2. The van der Waals surface area contributed by atoms with Crippen LogP contribution >= 0.6 is 11.8 Å². The predicted molar refractivity (Wildman–Crippen MR) is 89.7 cm³/mol. The van der Waals surface area contributed by atoms with Crippen LogP contribution in [0.3, 0.4) is 0 Å². The van der Waals surface area contributed by atoms with Crippen molar-refractivity contribution in [2.75, 3.05) is 5.75 Å². The van der Waals surface area contributed by atoms with Crippen LogP contribution in [0.25, 0.3) is 11.0 Å². The van der Waals surface area contributed by atoms with Crippen molar-refractivity contribution >= 4 is 22.8 Å².